The molecule has 0 aromatic carbocycles. The molecule has 1 unspecified atom stereocenters. The Morgan fingerprint density at radius 2 is 2.09 bits per heavy atom. The molecular weight excluding hydrogens is 144 g/mol. The molecule has 0 saturated heterocycles. The Hall–Kier alpha value is -1.25. The fraction of sp³-hybridized carbons (Fsp3) is 0.375. The summed E-state index contributed by atoms with van der Waals surface area (Å²) in [6.07, 6.45) is 1.57. The van der Waals surface area contributed by atoms with Gasteiger partial charge in [-0.15, -0.1) is 6.58 Å². The summed E-state index contributed by atoms with van der Waals surface area (Å²) < 4.78 is 0. The van der Waals surface area contributed by atoms with E-state index in [1.807, 2.05) is 0 Å². The highest BCUT2D eigenvalue weighted by Gasteiger charge is 2.38. The van der Waals surface area contributed by atoms with E-state index in [4.69, 9.17) is 0 Å². The molecule has 1 saturated carbocycles. The summed E-state index contributed by atoms with van der Waals surface area (Å²) in [4.78, 5) is 32.4. The first kappa shape index (κ1) is 7.85. The van der Waals surface area contributed by atoms with Gasteiger partial charge in [0, 0.05) is 0 Å². The lowest BCUT2D eigenvalue weighted by Gasteiger charge is -1.97. The SMILES string of the molecule is C=CCC1C(=O)CC(=O)C1=O. The summed E-state index contributed by atoms with van der Waals surface area (Å²) in [6, 6.07) is 0. The van der Waals surface area contributed by atoms with Crippen molar-refractivity contribution in [2.45, 2.75) is 12.8 Å². The monoisotopic (exact) mass is 152 g/mol. The minimum absolute atomic E-state index is 0.211. The molecule has 0 aliphatic heterocycles. The molecule has 0 spiro atoms. The topological polar surface area (TPSA) is 51.2 Å². The smallest absolute Gasteiger partial charge is 0.209 e. The lowest BCUT2D eigenvalue weighted by molar-refractivity contribution is -0.135. The Balaban J connectivity index is 2.79. The van der Waals surface area contributed by atoms with Crippen molar-refractivity contribution in [3.05, 3.63) is 12.7 Å². The van der Waals surface area contributed by atoms with Crippen LogP contribution in [0, 0.1) is 5.92 Å². The second kappa shape index (κ2) is 2.78. The minimum atomic E-state index is -0.722. The molecule has 1 aliphatic carbocycles. The molecule has 0 radical (unpaired) electrons. The summed E-state index contributed by atoms with van der Waals surface area (Å²) in [5.41, 5.74) is 0. The molecule has 3 heteroatoms. The average molecular weight is 152 g/mol. The van der Waals surface area contributed by atoms with Gasteiger partial charge in [-0.3, -0.25) is 14.4 Å². The van der Waals surface area contributed by atoms with E-state index in [-0.39, 0.29) is 12.2 Å². The Kier molecular flexibility index (Phi) is 1.98. The van der Waals surface area contributed by atoms with Crippen LogP contribution in [0.2, 0.25) is 0 Å². The molecule has 0 heterocycles. The maximum atomic E-state index is 10.9. The molecule has 1 aliphatic rings. The van der Waals surface area contributed by atoms with Gasteiger partial charge in [0.15, 0.2) is 5.78 Å². The first-order valence-corrected chi connectivity index (χ1v) is 3.37. The molecule has 58 valence electrons. The van der Waals surface area contributed by atoms with Crippen molar-refractivity contribution in [1.29, 1.82) is 0 Å². The number of hydrogen-bond acceptors (Lipinski definition) is 3. The molecule has 1 rings (SSSR count). The Morgan fingerprint density at radius 1 is 1.45 bits per heavy atom. The van der Waals surface area contributed by atoms with Crippen LogP contribution in [0.5, 0.6) is 0 Å². The van der Waals surface area contributed by atoms with Crippen molar-refractivity contribution >= 4 is 17.3 Å². The largest absolute Gasteiger partial charge is 0.298 e. The highest BCUT2D eigenvalue weighted by molar-refractivity contribution is 6.49. The molecule has 0 aromatic heterocycles. The summed E-state index contributed by atoms with van der Waals surface area (Å²) >= 11 is 0. The van der Waals surface area contributed by atoms with E-state index in [2.05, 4.69) is 6.58 Å². The van der Waals surface area contributed by atoms with Gasteiger partial charge in [0.1, 0.15) is 0 Å². The van der Waals surface area contributed by atoms with Gasteiger partial charge in [0.05, 0.1) is 12.3 Å². The van der Waals surface area contributed by atoms with E-state index in [0.29, 0.717) is 6.42 Å². The molecule has 0 N–H and O–H groups in total. The minimum Gasteiger partial charge on any atom is -0.298 e. The zero-order valence-corrected chi connectivity index (χ0v) is 6.00. The number of Topliss-reactive ketones (excluding diaryl/α,β-unsaturated/α-hetero) is 3. The van der Waals surface area contributed by atoms with Crippen molar-refractivity contribution in [3.8, 4) is 0 Å². The van der Waals surface area contributed by atoms with Gasteiger partial charge in [-0.1, -0.05) is 6.08 Å². The molecule has 3 nitrogen and oxygen atoms in total. The standard InChI is InChI=1S/C8H8O3/c1-2-3-5-6(9)4-7(10)8(5)11/h2,5H,1,3-4H2. The van der Waals surface area contributed by atoms with Crippen LogP contribution in [0.4, 0.5) is 0 Å². The maximum Gasteiger partial charge on any atom is 0.209 e. The van der Waals surface area contributed by atoms with Gasteiger partial charge in [0.2, 0.25) is 11.6 Å². The number of carbonyl (C=O) groups is 3. The Bertz CT molecular complexity index is 240. The zero-order valence-electron chi connectivity index (χ0n) is 6.00. The van der Waals surface area contributed by atoms with Gasteiger partial charge in [-0.2, -0.15) is 0 Å². The van der Waals surface area contributed by atoms with Crippen molar-refractivity contribution < 1.29 is 14.4 Å². The van der Waals surface area contributed by atoms with Crippen molar-refractivity contribution in [1.82, 2.24) is 0 Å². The van der Waals surface area contributed by atoms with Gasteiger partial charge < -0.3 is 0 Å². The normalized spacial score (nSPS) is 24.4. The van der Waals surface area contributed by atoms with Gasteiger partial charge >= 0.3 is 0 Å². The first-order valence-electron chi connectivity index (χ1n) is 3.37. The van der Waals surface area contributed by atoms with E-state index in [1.165, 1.54) is 6.08 Å². The van der Waals surface area contributed by atoms with Crippen LogP contribution in [0.3, 0.4) is 0 Å². The molecule has 1 fully saturated rings. The summed E-state index contributed by atoms with van der Waals surface area (Å²) in [7, 11) is 0. The van der Waals surface area contributed by atoms with Crippen LogP contribution >= 0.6 is 0 Å². The number of rotatable bonds is 2. The van der Waals surface area contributed by atoms with E-state index in [0.717, 1.165) is 0 Å². The quantitative estimate of drug-likeness (QED) is 0.324. The fourth-order valence-corrected chi connectivity index (χ4v) is 1.11. The lowest BCUT2D eigenvalue weighted by atomic mass is 10.0. The second-order valence-electron chi connectivity index (χ2n) is 2.51. The highest BCUT2D eigenvalue weighted by Crippen LogP contribution is 2.18. The van der Waals surface area contributed by atoms with Crippen LogP contribution in [0.15, 0.2) is 12.7 Å². The van der Waals surface area contributed by atoms with Crippen LogP contribution in [-0.2, 0) is 14.4 Å². The van der Waals surface area contributed by atoms with Crippen molar-refractivity contribution in [3.63, 3.8) is 0 Å². The van der Waals surface area contributed by atoms with Crippen LogP contribution in [0.1, 0.15) is 12.8 Å². The second-order valence-corrected chi connectivity index (χ2v) is 2.51. The van der Waals surface area contributed by atoms with Gasteiger partial charge in [-0.25, -0.2) is 0 Å². The first-order chi connectivity index (χ1) is 5.16. The summed E-state index contributed by atoms with van der Waals surface area (Å²) in [6.45, 7) is 3.40. The molecule has 1 atom stereocenters. The Morgan fingerprint density at radius 3 is 2.45 bits per heavy atom. The fourth-order valence-electron chi connectivity index (χ4n) is 1.11. The van der Waals surface area contributed by atoms with Gasteiger partial charge in [-0.05, 0) is 6.42 Å². The molecular formula is C8H8O3. The lowest BCUT2D eigenvalue weighted by Crippen LogP contribution is -2.15. The molecule has 11 heavy (non-hydrogen) atoms. The van der Waals surface area contributed by atoms with Gasteiger partial charge in [0.25, 0.3) is 0 Å². The number of allylic oxidation sites excluding steroid dienone is 1. The maximum absolute atomic E-state index is 10.9. The number of carbonyl (C=O) groups excluding carboxylic acids is 3. The summed E-state index contributed by atoms with van der Waals surface area (Å²) in [5, 5.41) is 0. The molecule has 0 amide bonds. The average Bonchev–Trinajstić information content (AvgIpc) is 2.17. The van der Waals surface area contributed by atoms with E-state index >= 15 is 0 Å². The number of hydrogen-bond donors (Lipinski definition) is 0. The summed E-state index contributed by atoms with van der Waals surface area (Å²) in [5.74, 6) is -2.09. The zero-order chi connectivity index (χ0) is 8.43. The molecule has 0 bridgehead atoms. The number of ketones is 3. The van der Waals surface area contributed by atoms with Crippen LogP contribution < -0.4 is 0 Å². The van der Waals surface area contributed by atoms with E-state index < -0.39 is 17.5 Å². The van der Waals surface area contributed by atoms with E-state index in [1.54, 1.807) is 0 Å². The third-order valence-corrected chi connectivity index (χ3v) is 1.72. The molecule has 0 aromatic rings. The third-order valence-electron chi connectivity index (χ3n) is 1.72. The Labute approximate surface area is 64.1 Å². The predicted molar refractivity (Wildman–Crippen MR) is 37.9 cm³/mol. The van der Waals surface area contributed by atoms with Crippen molar-refractivity contribution in [2.24, 2.45) is 5.92 Å². The predicted octanol–water partition coefficient (Wildman–Crippen LogP) is 0.290. The van der Waals surface area contributed by atoms with Crippen LogP contribution in [0.25, 0.3) is 0 Å². The van der Waals surface area contributed by atoms with Crippen molar-refractivity contribution in [2.75, 3.05) is 0 Å². The highest BCUT2D eigenvalue weighted by atomic mass is 16.2. The van der Waals surface area contributed by atoms with E-state index in [9.17, 15) is 14.4 Å². The third kappa shape index (κ3) is 1.27. The van der Waals surface area contributed by atoms with Crippen LogP contribution in [-0.4, -0.2) is 17.3 Å².